The van der Waals surface area contributed by atoms with Gasteiger partial charge in [-0.15, -0.1) is 0 Å². The van der Waals surface area contributed by atoms with Crippen molar-refractivity contribution in [3.05, 3.63) is 26.3 Å². The third-order valence-corrected chi connectivity index (χ3v) is 2.49. The summed E-state index contributed by atoms with van der Waals surface area (Å²) >= 11 is 6.80. The first kappa shape index (κ1) is 9.94. The monoisotopic (exact) mass is 220 g/mol. The Hall–Kier alpha value is -1.14. The van der Waals surface area contributed by atoms with Crippen LogP contribution in [0.1, 0.15) is 4.88 Å². The van der Waals surface area contributed by atoms with E-state index in [2.05, 4.69) is 4.98 Å². The summed E-state index contributed by atoms with van der Waals surface area (Å²) in [6.07, 6.45) is 2.08. The fourth-order valence-electron chi connectivity index (χ4n) is 0.613. The van der Waals surface area contributed by atoms with Crippen LogP contribution in [0.3, 0.4) is 0 Å². The van der Waals surface area contributed by atoms with Gasteiger partial charge >= 0.3 is 0 Å². The molecule has 0 spiro atoms. The summed E-state index contributed by atoms with van der Waals surface area (Å²) in [5.74, 6) is 0. The molecule has 0 aliphatic heterocycles. The van der Waals surface area contributed by atoms with Gasteiger partial charge in [-0.3, -0.25) is 10.1 Å². The quantitative estimate of drug-likeness (QED) is 0.578. The molecular weight excluding hydrogens is 216 g/mol. The summed E-state index contributed by atoms with van der Waals surface area (Å²) < 4.78 is 4.80. The second-order valence-electron chi connectivity index (χ2n) is 1.94. The third-order valence-electron chi connectivity index (χ3n) is 1.11. The average Bonchev–Trinajstić information content (AvgIpc) is 2.43. The van der Waals surface area contributed by atoms with Crippen LogP contribution in [0.4, 0.5) is 0 Å². The Morgan fingerprint density at radius 3 is 2.92 bits per heavy atom. The highest BCUT2D eigenvalue weighted by molar-refractivity contribution is 7.14. The molecule has 0 bridgehead atoms. The molecule has 0 fully saturated rings. The Balaban J connectivity index is 2.88. The molecule has 0 amide bonds. The van der Waals surface area contributed by atoms with Crippen LogP contribution < -0.4 is 4.74 Å². The minimum atomic E-state index is -0.567. The van der Waals surface area contributed by atoms with E-state index in [1.165, 1.54) is 13.2 Å². The van der Waals surface area contributed by atoms with Gasteiger partial charge in [-0.1, -0.05) is 22.9 Å². The zero-order valence-corrected chi connectivity index (χ0v) is 8.13. The lowest BCUT2D eigenvalue weighted by atomic mass is 10.5. The van der Waals surface area contributed by atoms with E-state index in [0.29, 0.717) is 10.1 Å². The largest absolute Gasteiger partial charge is 0.473 e. The summed E-state index contributed by atoms with van der Waals surface area (Å²) in [5, 5.41) is 10.6. The van der Waals surface area contributed by atoms with E-state index >= 15 is 0 Å². The fourth-order valence-corrected chi connectivity index (χ4v) is 1.59. The van der Waals surface area contributed by atoms with Crippen LogP contribution in [-0.2, 0) is 0 Å². The second-order valence-corrected chi connectivity index (χ2v) is 3.29. The summed E-state index contributed by atoms with van der Waals surface area (Å²) in [6, 6.07) is 0. The van der Waals surface area contributed by atoms with Gasteiger partial charge in [-0.25, -0.2) is 0 Å². The van der Waals surface area contributed by atoms with Crippen LogP contribution in [0.5, 0.6) is 5.19 Å². The van der Waals surface area contributed by atoms with E-state index in [4.69, 9.17) is 16.3 Å². The molecule has 0 aliphatic carbocycles. The summed E-state index contributed by atoms with van der Waals surface area (Å²) in [7, 11) is 1.45. The Morgan fingerprint density at radius 1 is 1.77 bits per heavy atom. The van der Waals surface area contributed by atoms with Crippen molar-refractivity contribution in [3.63, 3.8) is 0 Å². The maximum atomic E-state index is 9.99. The maximum absolute atomic E-state index is 9.99. The molecule has 0 radical (unpaired) electrons. The van der Waals surface area contributed by atoms with E-state index in [-0.39, 0.29) is 5.15 Å². The van der Waals surface area contributed by atoms with E-state index in [9.17, 15) is 10.1 Å². The van der Waals surface area contributed by atoms with Crippen LogP contribution in [0.15, 0.2) is 6.20 Å². The zero-order chi connectivity index (χ0) is 9.84. The number of rotatable bonds is 3. The molecule has 0 unspecified atom stereocenters. The topological polar surface area (TPSA) is 65.3 Å². The van der Waals surface area contributed by atoms with Crippen LogP contribution in [-0.4, -0.2) is 17.0 Å². The molecule has 70 valence electrons. The molecule has 0 aliphatic rings. The predicted octanol–water partition coefficient (Wildman–Crippen LogP) is 2.05. The second kappa shape index (κ2) is 4.20. The van der Waals surface area contributed by atoms with Crippen molar-refractivity contribution < 1.29 is 9.66 Å². The SMILES string of the molecule is COc1nc(Cl)c(/C=C/[N+](=O)[O-])s1. The Bertz CT molecular complexity index is 350. The molecule has 0 atom stereocenters. The smallest absolute Gasteiger partial charge is 0.274 e. The molecule has 7 heteroatoms. The molecule has 0 saturated carbocycles. The van der Waals surface area contributed by atoms with Gasteiger partial charge in [0.1, 0.15) is 0 Å². The maximum Gasteiger partial charge on any atom is 0.274 e. The van der Waals surface area contributed by atoms with Crippen LogP contribution in [0, 0.1) is 10.1 Å². The van der Waals surface area contributed by atoms with E-state index in [0.717, 1.165) is 17.5 Å². The van der Waals surface area contributed by atoms with Gasteiger partial charge in [0.15, 0.2) is 5.15 Å². The molecule has 1 heterocycles. The van der Waals surface area contributed by atoms with Gasteiger partial charge in [-0.05, 0) is 0 Å². The Kier molecular flexibility index (Phi) is 3.21. The third kappa shape index (κ3) is 2.67. The lowest BCUT2D eigenvalue weighted by molar-refractivity contribution is -0.400. The van der Waals surface area contributed by atoms with Crippen LogP contribution >= 0.6 is 22.9 Å². The van der Waals surface area contributed by atoms with Gasteiger partial charge < -0.3 is 4.74 Å². The summed E-state index contributed by atoms with van der Waals surface area (Å²) in [5.41, 5.74) is 0. The number of thiazole rings is 1. The standard InChI is InChI=1S/C6H5ClN2O3S/c1-12-6-8-5(7)4(13-6)2-3-9(10)11/h2-3H,1H3/b3-2+. The minimum absolute atomic E-state index is 0.208. The van der Waals surface area contributed by atoms with Gasteiger partial charge in [-0.2, -0.15) is 4.98 Å². The Labute approximate surface area is 82.8 Å². The number of nitrogens with zero attached hydrogens (tertiary/aromatic N) is 2. The van der Waals surface area contributed by atoms with Crippen molar-refractivity contribution in [2.45, 2.75) is 0 Å². The lowest BCUT2D eigenvalue weighted by Crippen LogP contribution is -1.81. The highest BCUT2D eigenvalue weighted by atomic mass is 35.5. The first-order chi connectivity index (χ1) is 6.13. The normalized spacial score (nSPS) is 10.6. The number of ether oxygens (including phenoxy) is 1. The number of nitro groups is 1. The van der Waals surface area contributed by atoms with E-state index in [1.54, 1.807) is 0 Å². The lowest BCUT2D eigenvalue weighted by Gasteiger charge is -1.85. The van der Waals surface area contributed by atoms with Gasteiger partial charge in [0.2, 0.25) is 6.20 Å². The molecule has 0 N–H and O–H groups in total. The van der Waals surface area contributed by atoms with Crippen LogP contribution in [0.25, 0.3) is 6.08 Å². The van der Waals surface area contributed by atoms with Crippen LogP contribution in [0.2, 0.25) is 5.15 Å². The van der Waals surface area contributed by atoms with E-state index in [1.807, 2.05) is 0 Å². The number of methoxy groups -OCH3 is 1. The van der Waals surface area contributed by atoms with Crippen molar-refractivity contribution in [1.82, 2.24) is 4.98 Å². The predicted molar refractivity (Wildman–Crippen MR) is 49.7 cm³/mol. The molecule has 1 aromatic rings. The molecule has 1 rings (SSSR count). The Morgan fingerprint density at radius 2 is 2.46 bits per heavy atom. The molecule has 0 aromatic carbocycles. The molecule has 13 heavy (non-hydrogen) atoms. The zero-order valence-electron chi connectivity index (χ0n) is 6.56. The van der Waals surface area contributed by atoms with Gasteiger partial charge in [0.25, 0.3) is 5.19 Å². The molecule has 5 nitrogen and oxygen atoms in total. The van der Waals surface area contributed by atoms with Gasteiger partial charge in [0.05, 0.1) is 16.9 Å². The van der Waals surface area contributed by atoms with Crippen molar-refractivity contribution in [1.29, 1.82) is 0 Å². The van der Waals surface area contributed by atoms with Crippen molar-refractivity contribution in [2.24, 2.45) is 0 Å². The molecule has 1 aromatic heterocycles. The van der Waals surface area contributed by atoms with E-state index < -0.39 is 4.92 Å². The van der Waals surface area contributed by atoms with Crippen molar-refractivity contribution in [2.75, 3.05) is 7.11 Å². The number of hydrogen-bond donors (Lipinski definition) is 0. The van der Waals surface area contributed by atoms with Crippen molar-refractivity contribution in [3.8, 4) is 5.19 Å². The van der Waals surface area contributed by atoms with Crippen molar-refractivity contribution >= 4 is 29.0 Å². The summed E-state index contributed by atoms with van der Waals surface area (Å²) in [4.78, 5) is 13.7. The molecular formula is C6H5ClN2O3S. The fraction of sp³-hybridized carbons (Fsp3) is 0.167. The number of halogens is 1. The minimum Gasteiger partial charge on any atom is -0.473 e. The van der Waals surface area contributed by atoms with Gasteiger partial charge in [0, 0.05) is 6.08 Å². The average molecular weight is 221 g/mol. The highest BCUT2D eigenvalue weighted by Crippen LogP contribution is 2.29. The highest BCUT2D eigenvalue weighted by Gasteiger charge is 2.07. The number of aromatic nitrogens is 1. The first-order valence-electron chi connectivity index (χ1n) is 3.15. The first-order valence-corrected chi connectivity index (χ1v) is 4.35. The summed E-state index contributed by atoms with van der Waals surface area (Å²) in [6.45, 7) is 0. The molecule has 0 saturated heterocycles. The number of hydrogen-bond acceptors (Lipinski definition) is 5.